The number of hydrogen-bond acceptors (Lipinski definition) is 4. The molecular weight excluding hydrogens is 222 g/mol. The Kier molecular flexibility index (Phi) is 3.39. The second kappa shape index (κ2) is 4.97. The van der Waals surface area contributed by atoms with Crippen molar-refractivity contribution in [2.45, 2.75) is 12.6 Å². The number of carboxylic acid groups (broad SMARTS) is 1. The van der Waals surface area contributed by atoms with Gasteiger partial charge in [0.25, 0.3) is 0 Å². The Morgan fingerprint density at radius 3 is 2.76 bits per heavy atom. The Morgan fingerprint density at radius 1 is 1.41 bits per heavy atom. The lowest BCUT2D eigenvalue weighted by Crippen LogP contribution is -2.56. The SMILES string of the molecule is O=C([O-])[C@H]1COCC(=O)N1Cc1ccccc1. The van der Waals surface area contributed by atoms with E-state index in [1.807, 2.05) is 30.3 Å². The van der Waals surface area contributed by atoms with Crippen molar-refractivity contribution in [1.29, 1.82) is 0 Å². The Hall–Kier alpha value is -1.88. The van der Waals surface area contributed by atoms with Crippen LogP contribution in [0.4, 0.5) is 0 Å². The summed E-state index contributed by atoms with van der Waals surface area (Å²) < 4.78 is 4.91. The van der Waals surface area contributed by atoms with E-state index in [1.54, 1.807) is 0 Å². The number of carbonyl (C=O) groups is 2. The molecule has 17 heavy (non-hydrogen) atoms. The normalized spacial score (nSPS) is 20.4. The average molecular weight is 234 g/mol. The van der Waals surface area contributed by atoms with Gasteiger partial charge < -0.3 is 19.5 Å². The van der Waals surface area contributed by atoms with E-state index in [2.05, 4.69) is 0 Å². The van der Waals surface area contributed by atoms with E-state index in [0.29, 0.717) is 0 Å². The molecule has 90 valence electrons. The van der Waals surface area contributed by atoms with Crippen molar-refractivity contribution in [3.8, 4) is 0 Å². The summed E-state index contributed by atoms with van der Waals surface area (Å²) in [5.41, 5.74) is 0.883. The second-order valence-corrected chi connectivity index (χ2v) is 3.86. The van der Waals surface area contributed by atoms with E-state index in [4.69, 9.17) is 4.74 Å². The van der Waals surface area contributed by atoms with Crippen LogP contribution in [-0.2, 0) is 20.9 Å². The lowest BCUT2D eigenvalue weighted by Gasteiger charge is -2.36. The van der Waals surface area contributed by atoms with Crippen molar-refractivity contribution in [3.63, 3.8) is 0 Å². The van der Waals surface area contributed by atoms with Crippen molar-refractivity contribution in [2.24, 2.45) is 0 Å². The van der Waals surface area contributed by atoms with Gasteiger partial charge in [-0.1, -0.05) is 30.3 Å². The number of rotatable bonds is 3. The largest absolute Gasteiger partial charge is 0.548 e. The van der Waals surface area contributed by atoms with E-state index in [0.717, 1.165) is 5.56 Å². The molecule has 1 aromatic rings. The Balaban J connectivity index is 2.15. The first-order valence-electron chi connectivity index (χ1n) is 5.30. The molecule has 0 bridgehead atoms. The van der Waals surface area contributed by atoms with Gasteiger partial charge in [-0.05, 0) is 5.56 Å². The predicted octanol–water partition coefficient (Wildman–Crippen LogP) is -0.836. The third-order valence-corrected chi connectivity index (χ3v) is 2.67. The highest BCUT2D eigenvalue weighted by Gasteiger charge is 2.29. The third kappa shape index (κ3) is 2.62. The first-order valence-corrected chi connectivity index (χ1v) is 5.30. The minimum atomic E-state index is -1.28. The number of amides is 1. The van der Waals surface area contributed by atoms with Gasteiger partial charge in [0.1, 0.15) is 6.61 Å². The predicted molar refractivity (Wildman–Crippen MR) is 56.6 cm³/mol. The molecule has 1 aliphatic heterocycles. The van der Waals surface area contributed by atoms with Gasteiger partial charge in [0.05, 0.1) is 18.6 Å². The number of aliphatic carboxylic acids is 1. The van der Waals surface area contributed by atoms with Gasteiger partial charge in [0.15, 0.2) is 0 Å². The molecule has 0 aromatic heterocycles. The Labute approximate surface area is 98.6 Å². The molecule has 5 nitrogen and oxygen atoms in total. The molecule has 0 N–H and O–H groups in total. The number of ether oxygens (including phenoxy) is 1. The van der Waals surface area contributed by atoms with Crippen LogP contribution >= 0.6 is 0 Å². The van der Waals surface area contributed by atoms with Gasteiger partial charge in [0, 0.05) is 6.54 Å². The van der Waals surface area contributed by atoms with E-state index in [-0.39, 0.29) is 25.7 Å². The van der Waals surface area contributed by atoms with E-state index in [1.165, 1.54) is 4.90 Å². The minimum absolute atomic E-state index is 0.0130. The summed E-state index contributed by atoms with van der Waals surface area (Å²) in [5, 5.41) is 10.9. The summed E-state index contributed by atoms with van der Waals surface area (Å²) >= 11 is 0. The summed E-state index contributed by atoms with van der Waals surface area (Å²) in [6.45, 7) is 0.180. The monoisotopic (exact) mass is 234 g/mol. The standard InChI is InChI=1S/C12H13NO4/c14-11-8-17-7-10(12(15)16)13(11)6-9-4-2-1-3-5-9/h1-5,10H,6-8H2,(H,15,16)/p-1/t10-/m1/s1. The van der Waals surface area contributed by atoms with Gasteiger partial charge >= 0.3 is 0 Å². The van der Waals surface area contributed by atoms with Crippen molar-refractivity contribution in [3.05, 3.63) is 35.9 Å². The fourth-order valence-corrected chi connectivity index (χ4v) is 1.78. The van der Waals surface area contributed by atoms with Crippen molar-refractivity contribution in [2.75, 3.05) is 13.2 Å². The number of morpholine rings is 1. The number of hydrogen-bond donors (Lipinski definition) is 0. The van der Waals surface area contributed by atoms with E-state index in [9.17, 15) is 14.7 Å². The van der Waals surface area contributed by atoms with Crippen LogP contribution in [0.5, 0.6) is 0 Å². The zero-order chi connectivity index (χ0) is 12.3. The van der Waals surface area contributed by atoms with Gasteiger partial charge in [-0.2, -0.15) is 0 Å². The fourth-order valence-electron chi connectivity index (χ4n) is 1.78. The number of nitrogens with zero attached hydrogens (tertiary/aromatic N) is 1. The maximum absolute atomic E-state index is 11.6. The van der Waals surface area contributed by atoms with Crippen LogP contribution in [0, 0.1) is 0 Å². The van der Waals surface area contributed by atoms with E-state index >= 15 is 0 Å². The highest BCUT2D eigenvalue weighted by Crippen LogP contribution is 2.12. The molecule has 1 saturated heterocycles. The zero-order valence-corrected chi connectivity index (χ0v) is 9.17. The number of carboxylic acids is 1. The molecule has 1 aromatic carbocycles. The lowest BCUT2D eigenvalue weighted by molar-refractivity contribution is -0.313. The average Bonchev–Trinajstić information content (AvgIpc) is 2.33. The summed E-state index contributed by atoms with van der Waals surface area (Å²) in [6, 6.07) is 8.23. The van der Waals surface area contributed by atoms with Crippen LogP contribution in [0.25, 0.3) is 0 Å². The molecule has 0 radical (unpaired) electrons. The molecule has 1 atom stereocenters. The van der Waals surface area contributed by atoms with Gasteiger partial charge in [0.2, 0.25) is 5.91 Å². The van der Waals surface area contributed by atoms with Crippen molar-refractivity contribution in [1.82, 2.24) is 4.90 Å². The van der Waals surface area contributed by atoms with Gasteiger partial charge in [-0.15, -0.1) is 0 Å². The second-order valence-electron chi connectivity index (χ2n) is 3.86. The van der Waals surface area contributed by atoms with Crippen LogP contribution in [0.1, 0.15) is 5.56 Å². The van der Waals surface area contributed by atoms with Gasteiger partial charge in [-0.25, -0.2) is 0 Å². The van der Waals surface area contributed by atoms with E-state index < -0.39 is 12.0 Å². The fraction of sp³-hybridized carbons (Fsp3) is 0.333. The zero-order valence-electron chi connectivity index (χ0n) is 9.17. The summed E-state index contributed by atoms with van der Waals surface area (Å²) in [4.78, 5) is 23.8. The molecule has 0 spiro atoms. The molecule has 1 fully saturated rings. The maximum atomic E-state index is 11.6. The summed E-state index contributed by atoms with van der Waals surface area (Å²) in [6.07, 6.45) is 0. The van der Waals surface area contributed by atoms with Crippen molar-refractivity contribution >= 4 is 11.9 Å². The lowest BCUT2D eigenvalue weighted by atomic mass is 10.1. The smallest absolute Gasteiger partial charge is 0.249 e. The number of benzene rings is 1. The maximum Gasteiger partial charge on any atom is 0.249 e. The van der Waals surface area contributed by atoms with Crippen LogP contribution in [-0.4, -0.2) is 36.0 Å². The first kappa shape index (κ1) is 11.6. The third-order valence-electron chi connectivity index (χ3n) is 2.67. The first-order chi connectivity index (χ1) is 8.18. The Morgan fingerprint density at radius 2 is 2.12 bits per heavy atom. The topological polar surface area (TPSA) is 69.7 Å². The summed E-state index contributed by atoms with van der Waals surface area (Å²) in [7, 11) is 0. The highest BCUT2D eigenvalue weighted by atomic mass is 16.5. The van der Waals surface area contributed by atoms with Crippen LogP contribution < -0.4 is 5.11 Å². The Bertz CT molecular complexity index is 418. The molecule has 5 heteroatoms. The molecule has 1 amide bonds. The quantitative estimate of drug-likeness (QED) is 0.684. The van der Waals surface area contributed by atoms with Crippen molar-refractivity contribution < 1.29 is 19.4 Å². The molecular formula is C12H12NO4-. The number of carbonyl (C=O) groups excluding carboxylic acids is 2. The minimum Gasteiger partial charge on any atom is -0.548 e. The summed E-state index contributed by atoms with van der Waals surface area (Å²) in [5.74, 6) is -1.61. The molecule has 0 unspecified atom stereocenters. The van der Waals surface area contributed by atoms with Crippen LogP contribution in [0.15, 0.2) is 30.3 Å². The highest BCUT2D eigenvalue weighted by molar-refractivity contribution is 5.84. The molecule has 0 aliphatic carbocycles. The molecule has 1 heterocycles. The molecule has 1 aliphatic rings. The van der Waals surface area contributed by atoms with Gasteiger partial charge in [-0.3, -0.25) is 4.79 Å². The molecule has 2 rings (SSSR count). The molecule has 0 saturated carbocycles. The van der Waals surface area contributed by atoms with Crippen LogP contribution in [0.2, 0.25) is 0 Å². The van der Waals surface area contributed by atoms with Crippen LogP contribution in [0.3, 0.4) is 0 Å².